The summed E-state index contributed by atoms with van der Waals surface area (Å²) in [6, 6.07) is 8.27. The number of anilines is 1. The molecule has 1 aromatic heterocycles. The van der Waals surface area contributed by atoms with Gasteiger partial charge in [0.25, 0.3) is 11.2 Å². The molecule has 0 amide bonds. The van der Waals surface area contributed by atoms with E-state index >= 15 is 0 Å². The molecule has 0 aliphatic heterocycles. The van der Waals surface area contributed by atoms with Gasteiger partial charge in [0.2, 0.25) is 0 Å². The molecule has 1 aromatic carbocycles. The van der Waals surface area contributed by atoms with Gasteiger partial charge in [0.15, 0.2) is 0 Å². The fraction of sp³-hybridized carbons (Fsp3) is 0.214. The highest BCUT2D eigenvalue weighted by molar-refractivity contribution is 5.62. The molecule has 6 nitrogen and oxygen atoms in total. The minimum absolute atomic E-state index is 0.00478. The molecule has 2 rings (SSSR count). The molecule has 0 saturated carbocycles. The second-order valence-electron chi connectivity index (χ2n) is 4.53. The fourth-order valence-electron chi connectivity index (χ4n) is 1.97. The van der Waals surface area contributed by atoms with Gasteiger partial charge in [-0.3, -0.25) is 14.9 Å². The third-order valence-corrected chi connectivity index (χ3v) is 3.03. The average Bonchev–Trinajstić information content (AvgIpc) is 2.41. The van der Waals surface area contributed by atoms with E-state index in [0.29, 0.717) is 17.8 Å². The van der Waals surface area contributed by atoms with Crippen molar-refractivity contribution < 1.29 is 4.92 Å². The van der Waals surface area contributed by atoms with Crippen LogP contribution in [0.3, 0.4) is 0 Å². The first kappa shape index (κ1) is 13.8. The molecular weight excluding hydrogens is 258 g/mol. The molecule has 6 heteroatoms. The number of nitro groups is 1. The Morgan fingerprint density at radius 3 is 2.65 bits per heavy atom. The number of nitro benzene ring substituents is 1. The summed E-state index contributed by atoms with van der Waals surface area (Å²) in [4.78, 5) is 22.4. The number of benzene rings is 1. The van der Waals surface area contributed by atoms with Gasteiger partial charge in [0, 0.05) is 25.4 Å². The summed E-state index contributed by atoms with van der Waals surface area (Å²) < 4.78 is 1.52. The first-order valence-electron chi connectivity index (χ1n) is 6.13. The number of aromatic nitrogens is 1. The van der Waals surface area contributed by atoms with E-state index in [1.807, 2.05) is 13.0 Å². The molecule has 1 heterocycles. The van der Waals surface area contributed by atoms with Gasteiger partial charge < -0.3 is 9.88 Å². The predicted molar refractivity (Wildman–Crippen MR) is 77.2 cm³/mol. The molecule has 1 N–H and O–H groups in total. The van der Waals surface area contributed by atoms with Gasteiger partial charge in [-0.25, -0.2) is 0 Å². The Morgan fingerprint density at radius 2 is 2.05 bits per heavy atom. The van der Waals surface area contributed by atoms with Crippen molar-refractivity contribution in [3.63, 3.8) is 0 Å². The van der Waals surface area contributed by atoms with E-state index in [1.54, 1.807) is 25.4 Å². The van der Waals surface area contributed by atoms with Crippen LogP contribution in [0.25, 0.3) is 0 Å². The zero-order valence-electron chi connectivity index (χ0n) is 11.3. The first-order valence-corrected chi connectivity index (χ1v) is 6.13. The summed E-state index contributed by atoms with van der Waals surface area (Å²) in [5.74, 6) is 0. The summed E-state index contributed by atoms with van der Waals surface area (Å²) >= 11 is 0. The van der Waals surface area contributed by atoms with Crippen LogP contribution >= 0.6 is 0 Å². The Bertz CT molecular complexity index is 707. The van der Waals surface area contributed by atoms with Gasteiger partial charge in [-0.05, 0) is 30.2 Å². The van der Waals surface area contributed by atoms with Crippen molar-refractivity contribution in [2.75, 3.05) is 12.4 Å². The Balaban J connectivity index is 2.37. The van der Waals surface area contributed by atoms with Gasteiger partial charge >= 0.3 is 0 Å². The molecule has 0 radical (unpaired) electrons. The number of aryl methyl sites for hydroxylation is 1. The molecule has 0 saturated heterocycles. The van der Waals surface area contributed by atoms with E-state index in [-0.39, 0.29) is 11.2 Å². The summed E-state index contributed by atoms with van der Waals surface area (Å²) in [5, 5.41) is 13.8. The van der Waals surface area contributed by atoms with Gasteiger partial charge in [-0.15, -0.1) is 0 Å². The van der Waals surface area contributed by atoms with E-state index < -0.39 is 4.92 Å². The number of hydrogen-bond donors (Lipinski definition) is 1. The van der Waals surface area contributed by atoms with Crippen molar-refractivity contribution in [1.29, 1.82) is 0 Å². The standard InChI is InChI=1S/C14H15N3O3/c1-10-5-6-16(14(18)7-10)9-11-3-4-12(15-2)13(8-11)17(19)20/h3-8,15H,9H2,1-2H3. The molecule has 0 fully saturated rings. The highest BCUT2D eigenvalue weighted by Gasteiger charge is 2.13. The Morgan fingerprint density at radius 1 is 1.30 bits per heavy atom. The van der Waals surface area contributed by atoms with Crippen LogP contribution in [-0.4, -0.2) is 16.5 Å². The van der Waals surface area contributed by atoms with E-state index in [1.165, 1.54) is 16.7 Å². The van der Waals surface area contributed by atoms with Crippen molar-refractivity contribution in [3.05, 3.63) is 68.1 Å². The lowest BCUT2D eigenvalue weighted by molar-refractivity contribution is -0.384. The van der Waals surface area contributed by atoms with Crippen molar-refractivity contribution >= 4 is 11.4 Å². The molecule has 0 atom stereocenters. The van der Waals surface area contributed by atoms with E-state index in [9.17, 15) is 14.9 Å². The Hall–Kier alpha value is -2.63. The van der Waals surface area contributed by atoms with Crippen LogP contribution in [0, 0.1) is 17.0 Å². The third-order valence-electron chi connectivity index (χ3n) is 3.03. The highest BCUT2D eigenvalue weighted by atomic mass is 16.6. The van der Waals surface area contributed by atoms with Crippen LogP contribution < -0.4 is 10.9 Å². The van der Waals surface area contributed by atoms with E-state index in [0.717, 1.165) is 5.56 Å². The molecular formula is C14H15N3O3. The van der Waals surface area contributed by atoms with Crippen LogP contribution in [0.1, 0.15) is 11.1 Å². The van der Waals surface area contributed by atoms with Crippen LogP contribution in [-0.2, 0) is 6.54 Å². The lowest BCUT2D eigenvalue weighted by Crippen LogP contribution is -2.19. The Kier molecular flexibility index (Phi) is 3.84. The molecule has 20 heavy (non-hydrogen) atoms. The van der Waals surface area contributed by atoms with E-state index in [2.05, 4.69) is 5.32 Å². The molecule has 0 aliphatic rings. The van der Waals surface area contributed by atoms with Gasteiger partial charge in [0.05, 0.1) is 11.5 Å². The van der Waals surface area contributed by atoms with Crippen LogP contribution in [0.2, 0.25) is 0 Å². The van der Waals surface area contributed by atoms with Crippen LogP contribution in [0.5, 0.6) is 0 Å². The molecule has 2 aromatic rings. The second-order valence-corrected chi connectivity index (χ2v) is 4.53. The normalized spacial score (nSPS) is 10.3. The number of nitrogens with one attached hydrogen (secondary N) is 1. The maximum Gasteiger partial charge on any atom is 0.292 e. The molecule has 0 aliphatic carbocycles. The quantitative estimate of drug-likeness (QED) is 0.684. The summed E-state index contributed by atoms with van der Waals surface area (Å²) in [5.41, 5.74) is 1.94. The average molecular weight is 273 g/mol. The topological polar surface area (TPSA) is 77.2 Å². The SMILES string of the molecule is CNc1ccc(Cn2ccc(C)cc2=O)cc1[N+](=O)[O-]. The second kappa shape index (κ2) is 5.56. The molecule has 0 unspecified atom stereocenters. The minimum Gasteiger partial charge on any atom is -0.383 e. The fourth-order valence-corrected chi connectivity index (χ4v) is 1.97. The molecule has 0 bridgehead atoms. The largest absolute Gasteiger partial charge is 0.383 e. The lowest BCUT2D eigenvalue weighted by atomic mass is 10.1. The third kappa shape index (κ3) is 2.85. The maximum absolute atomic E-state index is 11.8. The Labute approximate surface area is 115 Å². The van der Waals surface area contributed by atoms with Crippen LogP contribution in [0.4, 0.5) is 11.4 Å². The zero-order chi connectivity index (χ0) is 14.7. The van der Waals surface area contributed by atoms with Crippen molar-refractivity contribution in [1.82, 2.24) is 4.57 Å². The van der Waals surface area contributed by atoms with Crippen molar-refractivity contribution in [2.24, 2.45) is 0 Å². The number of hydrogen-bond acceptors (Lipinski definition) is 4. The van der Waals surface area contributed by atoms with Gasteiger partial charge in [-0.1, -0.05) is 6.07 Å². The maximum atomic E-state index is 11.8. The minimum atomic E-state index is -0.437. The highest BCUT2D eigenvalue weighted by Crippen LogP contribution is 2.25. The monoisotopic (exact) mass is 273 g/mol. The number of nitrogens with zero attached hydrogens (tertiary/aromatic N) is 2. The summed E-state index contributed by atoms with van der Waals surface area (Å²) in [7, 11) is 1.63. The summed E-state index contributed by atoms with van der Waals surface area (Å²) in [6.45, 7) is 2.16. The van der Waals surface area contributed by atoms with Gasteiger partial charge in [-0.2, -0.15) is 0 Å². The van der Waals surface area contributed by atoms with Crippen LogP contribution in [0.15, 0.2) is 41.3 Å². The zero-order valence-corrected chi connectivity index (χ0v) is 11.3. The van der Waals surface area contributed by atoms with Crippen molar-refractivity contribution in [2.45, 2.75) is 13.5 Å². The van der Waals surface area contributed by atoms with E-state index in [4.69, 9.17) is 0 Å². The lowest BCUT2D eigenvalue weighted by Gasteiger charge is -2.08. The molecule has 104 valence electrons. The smallest absolute Gasteiger partial charge is 0.292 e. The van der Waals surface area contributed by atoms with Gasteiger partial charge in [0.1, 0.15) is 5.69 Å². The van der Waals surface area contributed by atoms with Crippen molar-refractivity contribution in [3.8, 4) is 0 Å². The first-order chi connectivity index (χ1) is 9.51. The number of pyridine rings is 1. The summed E-state index contributed by atoms with van der Waals surface area (Å²) in [6.07, 6.45) is 1.69. The predicted octanol–water partition coefficient (Wildman–Crippen LogP) is 2.15. The molecule has 0 spiro atoms. The number of rotatable bonds is 4.